The third-order valence-electron chi connectivity index (χ3n) is 5.85. The van der Waals surface area contributed by atoms with Crippen molar-refractivity contribution in [1.29, 1.82) is 0 Å². The number of anilines is 2. The van der Waals surface area contributed by atoms with Crippen LogP contribution in [-0.2, 0) is 4.74 Å². The van der Waals surface area contributed by atoms with Gasteiger partial charge in [0.1, 0.15) is 17.2 Å². The van der Waals surface area contributed by atoms with E-state index in [2.05, 4.69) is 5.32 Å². The number of hydrogen-bond acceptors (Lipinski definition) is 7. The maximum absolute atomic E-state index is 12.7. The number of piperidine rings is 1. The smallest absolute Gasteiger partial charge is 0.321 e. The van der Waals surface area contributed by atoms with Crippen LogP contribution >= 0.6 is 0 Å². The quantitative estimate of drug-likeness (QED) is 0.708. The van der Waals surface area contributed by atoms with Gasteiger partial charge in [-0.1, -0.05) is 0 Å². The third-order valence-corrected chi connectivity index (χ3v) is 5.85. The second-order valence-corrected chi connectivity index (χ2v) is 7.55. The number of ether oxygens (including phenoxy) is 3. The van der Waals surface area contributed by atoms with Crippen LogP contribution in [0.2, 0.25) is 0 Å². The van der Waals surface area contributed by atoms with Crippen molar-refractivity contribution < 1.29 is 24.2 Å². The Kier molecular flexibility index (Phi) is 6.17. The van der Waals surface area contributed by atoms with Gasteiger partial charge < -0.3 is 24.4 Å². The monoisotopic (exact) mass is 428 g/mol. The number of hydrogen-bond donors (Lipinski definition) is 2. The highest BCUT2D eigenvalue weighted by molar-refractivity contribution is 5.89. The van der Waals surface area contributed by atoms with Gasteiger partial charge in [-0.2, -0.15) is 10.2 Å². The van der Waals surface area contributed by atoms with E-state index in [9.17, 15) is 10.0 Å². The van der Waals surface area contributed by atoms with Crippen LogP contribution in [0.5, 0.6) is 11.5 Å². The number of amides is 2. The van der Waals surface area contributed by atoms with Crippen LogP contribution in [0.1, 0.15) is 12.8 Å². The fraction of sp³-hybridized carbons (Fsp3) is 0.409. The Bertz CT molecular complexity index is 882. The van der Waals surface area contributed by atoms with Gasteiger partial charge in [-0.15, -0.1) is 0 Å². The Labute approximate surface area is 181 Å². The van der Waals surface area contributed by atoms with E-state index < -0.39 is 5.72 Å². The summed E-state index contributed by atoms with van der Waals surface area (Å²) in [5, 5.41) is 16.8. The molecular formula is C22H28N4O5. The van der Waals surface area contributed by atoms with Crippen molar-refractivity contribution in [3.63, 3.8) is 0 Å². The fourth-order valence-electron chi connectivity index (χ4n) is 4.06. The summed E-state index contributed by atoms with van der Waals surface area (Å²) >= 11 is 0. The van der Waals surface area contributed by atoms with E-state index >= 15 is 0 Å². The molecule has 2 aliphatic rings. The predicted octanol–water partition coefficient (Wildman–Crippen LogP) is 3.17. The molecule has 4 rings (SSSR count). The first kappa shape index (κ1) is 21.2. The zero-order valence-corrected chi connectivity index (χ0v) is 17.8. The second kappa shape index (κ2) is 9.01. The first-order valence-electron chi connectivity index (χ1n) is 10.3. The van der Waals surface area contributed by atoms with Crippen molar-refractivity contribution >= 4 is 17.4 Å². The molecule has 0 aliphatic carbocycles. The molecule has 2 aliphatic heterocycles. The van der Waals surface area contributed by atoms with Gasteiger partial charge in [0.2, 0.25) is 0 Å². The van der Waals surface area contributed by atoms with E-state index in [1.807, 2.05) is 17.1 Å². The van der Waals surface area contributed by atoms with Crippen molar-refractivity contribution in [2.45, 2.75) is 18.6 Å². The fourth-order valence-corrected chi connectivity index (χ4v) is 4.06. The Hall–Kier alpha value is -3.01. The number of nitrogens with zero attached hydrogens (tertiary/aromatic N) is 3. The lowest BCUT2D eigenvalue weighted by Gasteiger charge is -2.45. The minimum Gasteiger partial charge on any atom is -0.497 e. The summed E-state index contributed by atoms with van der Waals surface area (Å²) in [6.07, 6.45) is 1.19. The van der Waals surface area contributed by atoms with E-state index in [0.717, 1.165) is 16.7 Å². The summed E-state index contributed by atoms with van der Waals surface area (Å²) in [5.74, 6) is 1.46. The number of urea groups is 1. The summed E-state index contributed by atoms with van der Waals surface area (Å²) in [5.41, 5.74) is 0.710. The van der Waals surface area contributed by atoms with Crippen LogP contribution in [0.4, 0.5) is 16.2 Å². The second-order valence-electron chi connectivity index (χ2n) is 7.55. The molecule has 166 valence electrons. The summed E-state index contributed by atoms with van der Waals surface area (Å²) in [4.78, 5) is 14.4. The molecular weight excluding hydrogens is 400 g/mol. The molecule has 2 aromatic rings. The molecule has 2 heterocycles. The van der Waals surface area contributed by atoms with E-state index in [1.165, 1.54) is 0 Å². The van der Waals surface area contributed by atoms with E-state index in [4.69, 9.17) is 14.2 Å². The van der Waals surface area contributed by atoms with Crippen molar-refractivity contribution in [1.82, 2.24) is 9.91 Å². The summed E-state index contributed by atoms with van der Waals surface area (Å²) < 4.78 is 16.4. The molecule has 1 spiro atoms. The zero-order valence-electron chi connectivity index (χ0n) is 17.8. The summed E-state index contributed by atoms with van der Waals surface area (Å²) in [6.45, 7) is 2.13. The lowest BCUT2D eigenvalue weighted by Crippen LogP contribution is -2.59. The standard InChI is InChI=1S/C22H28N4O5/c1-29-19-7-3-17(4-8-19)23-21(27)24-13-11-22(12-14-24)25(15-16-31-22)26(28)18-5-9-20(30-2)10-6-18/h3-10,28H,11-16H2,1-2H3,(H,23,27). The topological polar surface area (TPSA) is 86.7 Å². The lowest BCUT2D eigenvalue weighted by molar-refractivity contribution is -0.145. The number of likely N-dealkylation sites (tertiary alicyclic amines) is 1. The van der Waals surface area contributed by atoms with Gasteiger partial charge in [0, 0.05) is 38.2 Å². The molecule has 9 heteroatoms. The van der Waals surface area contributed by atoms with E-state index in [-0.39, 0.29) is 6.03 Å². The number of nitrogens with one attached hydrogen (secondary N) is 1. The van der Waals surface area contributed by atoms with Gasteiger partial charge in [0.05, 0.1) is 26.5 Å². The van der Waals surface area contributed by atoms with Crippen LogP contribution in [0.25, 0.3) is 0 Å². The van der Waals surface area contributed by atoms with Crippen molar-refractivity contribution in [3.8, 4) is 11.5 Å². The molecule has 2 aromatic carbocycles. The van der Waals surface area contributed by atoms with Gasteiger partial charge in [-0.25, -0.2) is 4.79 Å². The van der Waals surface area contributed by atoms with Gasteiger partial charge >= 0.3 is 6.03 Å². The predicted molar refractivity (Wildman–Crippen MR) is 115 cm³/mol. The van der Waals surface area contributed by atoms with Crippen LogP contribution in [0.15, 0.2) is 48.5 Å². The van der Waals surface area contributed by atoms with Gasteiger partial charge in [0.25, 0.3) is 0 Å². The minimum absolute atomic E-state index is 0.152. The molecule has 2 N–H and O–H groups in total. The van der Waals surface area contributed by atoms with Gasteiger partial charge in [-0.05, 0) is 48.5 Å². The van der Waals surface area contributed by atoms with Crippen LogP contribution in [-0.4, -0.2) is 67.3 Å². The maximum atomic E-state index is 12.7. The van der Waals surface area contributed by atoms with Crippen molar-refractivity contribution in [2.24, 2.45) is 0 Å². The van der Waals surface area contributed by atoms with Crippen molar-refractivity contribution in [3.05, 3.63) is 48.5 Å². The van der Waals surface area contributed by atoms with Crippen LogP contribution in [0.3, 0.4) is 0 Å². The first-order chi connectivity index (χ1) is 15.0. The molecule has 2 saturated heterocycles. The average molecular weight is 428 g/mol. The summed E-state index contributed by atoms with van der Waals surface area (Å²) in [7, 11) is 3.21. The molecule has 9 nitrogen and oxygen atoms in total. The van der Waals surface area contributed by atoms with Crippen LogP contribution in [0, 0.1) is 0 Å². The molecule has 0 atom stereocenters. The van der Waals surface area contributed by atoms with Crippen LogP contribution < -0.4 is 20.0 Å². The first-order valence-corrected chi connectivity index (χ1v) is 10.3. The molecule has 0 bridgehead atoms. The lowest BCUT2D eigenvalue weighted by atomic mass is 10.0. The highest BCUT2D eigenvalue weighted by Crippen LogP contribution is 2.36. The Morgan fingerprint density at radius 1 is 1.00 bits per heavy atom. The molecule has 2 fully saturated rings. The third kappa shape index (κ3) is 4.39. The van der Waals surface area contributed by atoms with Gasteiger partial charge in [-0.3, -0.25) is 5.21 Å². The molecule has 0 aromatic heterocycles. The largest absolute Gasteiger partial charge is 0.497 e. The number of carbonyl (C=O) groups excluding carboxylic acids is 1. The maximum Gasteiger partial charge on any atom is 0.321 e. The number of benzene rings is 2. The molecule has 0 saturated carbocycles. The normalized spacial score (nSPS) is 18.1. The molecule has 2 amide bonds. The Morgan fingerprint density at radius 2 is 1.58 bits per heavy atom. The SMILES string of the molecule is COc1ccc(NC(=O)N2CCC3(CC2)OCCN3N(O)c2ccc(OC)cc2)cc1. The highest BCUT2D eigenvalue weighted by Gasteiger charge is 2.48. The van der Waals surface area contributed by atoms with Gasteiger partial charge in [0.15, 0.2) is 0 Å². The Balaban J connectivity index is 1.37. The van der Waals surface area contributed by atoms with Crippen molar-refractivity contribution in [2.75, 3.05) is 50.9 Å². The zero-order chi connectivity index (χ0) is 21.8. The highest BCUT2D eigenvalue weighted by atomic mass is 16.6. The summed E-state index contributed by atoms with van der Waals surface area (Å²) in [6, 6.07) is 14.3. The molecule has 31 heavy (non-hydrogen) atoms. The average Bonchev–Trinajstić information content (AvgIpc) is 3.22. The number of carbonyl (C=O) groups is 1. The Morgan fingerprint density at radius 3 is 2.16 bits per heavy atom. The minimum atomic E-state index is -0.633. The van der Waals surface area contributed by atoms with E-state index in [1.54, 1.807) is 55.5 Å². The molecule has 0 unspecified atom stereocenters. The number of methoxy groups -OCH3 is 2. The van der Waals surface area contributed by atoms with E-state index in [0.29, 0.717) is 50.5 Å². The number of hydrazine groups is 1. The molecule has 0 radical (unpaired) electrons. The number of rotatable bonds is 5.